The number of esters is 1. The van der Waals surface area contributed by atoms with Gasteiger partial charge in [0.05, 0.1) is 7.11 Å². The van der Waals surface area contributed by atoms with E-state index in [1.54, 1.807) is 4.90 Å². The standard InChI is InChI=1S/C13H15F3N2O2/c1-20-13(19)11-7-18(3-2-17-11)6-8-4-9(14)5-10(15)12(8)16/h4-5,11,17H,2-3,6-7H2,1H3/t11-/m0/s1. The number of nitrogens with zero attached hydrogens (tertiary/aromatic N) is 1. The summed E-state index contributed by atoms with van der Waals surface area (Å²) in [5.41, 5.74) is -0.0620. The van der Waals surface area contributed by atoms with Crippen molar-refractivity contribution < 1.29 is 22.7 Å². The van der Waals surface area contributed by atoms with Crippen molar-refractivity contribution in [2.45, 2.75) is 12.6 Å². The van der Waals surface area contributed by atoms with Crippen LogP contribution in [0.1, 0.15) is 5.56 Å². The molecule has 110 valence electrons. The van der Waals surface area contributed by atoms with E-state index in [2.05, 4.69) is 10.1 Å². The first-order valence-electron chi connectivity index (χ1n) is 6.18. The molecule has 1 fully saturated rings. The number of carbonyl (C=O) groups excluding carboxylic acids is 1. The average Bonchev–Trinajstić information content (AvgIpc) is 2.43. The topological polar surface area (TPSA) is 41.6 Å². The maximum atomic E-state index is 13.6. The third-order valence-electron chi connectivity index (χ3n) is 3.21. The third kappa shape index (κ3) is 3.29. The van der Waals surface area contributed by atoms with E-state index >= 15 is 0 Å². The normalized spacial score (nSPS) is 19.9. The zero-order chi connectivity index (χ0) is 14.7. The molecule has 1 aliphatic heterocycles. The first-order valence-corrected chi connectivity index (χ1v) is 6.18. The zero-order valence-electron chi connectivity index (χ0n) is 11.0. The predicted octanol–water partition coefficient (Wildman–Crippen LogP) is 1.05. The number of methoxy groups -OCH3 is 1. The van der Waals surface area contributed by atoms with Crippen LogP contribution in [0.15, 0.2) is 12.1 Å². The summed E-state index contributed by atoms with van der Waals surface area (Å²) in [7, 11) is 1.28. The van der Waals surface area contributed by atoms with Crippen molar-refractivity contribution >= 4 is 5.97 Å². The second kappa shape index (κ2) is 6.23. The van der Waals surface area contributed by atoms with E-state index in [1.807, 2.05) is 0 Å². The van der Waals surface area contributed by atoms with Gasteiger partial charge in [0.15, 0.2) is 11.6 Å². The van der Waals surface area contributed by atoms with Gasteiger partial charge in [0.25, 0.3) is 0 Å². The van der Waals surface area contributed by atoms with E-state index in [1.165, 1.54) is 7.11 Å². The molecule has 0 bridgehead atoms. The van der Waals surface area contributed by atoms with Gasteiger partial charge in [0, 0.05) is 37.8 Å². The number of carbonyl (C=O) groups is 1. The molecule has 20 heavy (non-hydrogen) atoms. The van der Waals surface area contributed by atoms with Gasteiger partial charge in [-0.15, -0.1) is 0 Å². The van der Waals surface area contributed by atoms with E-state index in [4.69, 9.17) is 0 Å². The number of halogens is 3. The van der Waals surface area contributed by atoms with Crippen LogP contribution in [0.5, 0.6) is 0 Å². The van der Waals surface area contributed by atoms with Gasteiger partial charge in [-0.05, 0) is 6.07 Å². The molecule has 1 saturated heterocycles. The van der Waals surface area contributed by atoms with Crippen molar-refractivity contribution in [3.63, 3.8) is 0 Å². The van der Waals surface area contributed by atoms with Gasteiger partial charge in [-0.25, -0.2) is 13.2 Å². The van der Waals surface area contributed by atoms with Gasteiger partial charge in [-0.3, -0.25) is 9.69 Å². The summed E-state index contributed by atoms with van der Waals surface area (Å²) in [5.74, 6) is -3.50. The fourth-order valence-electron chi connectivity index (χ4n) is 2.22. The Bertz CT molecular complexity index is 511. The summed E-state index contributed by atoms with van der Waals surface area (Å²) in [6.07, 6.45) is 0. The highest BCUT2D eigenvalue weighted by molar-refractivity contribution is 5.76. The Morgan fingerprint density at radius 3 is 2.90 bits per heavy atom. The first-order chi connectivity index (χ1) is 9.51. The summed E-state index contributed by atoms with van der Waals surface area (Å²) >= 11 is 0. The minimum Gasteiger partial charge on any atom is -0.468 e. The summed E-state index contributed by atoms with van der Waals surface area (Å²) in [5, 5.41) is 2.96. The number of nitrogens with one attached hydrogen (secondary N) is 1. The van der Waals surface area contributed by atoms with Crippen molar-refractivity contribution in [3.05, 3.63) is 35.1 Å². The fourth-order valence-corrected chi connectivity index (χ4v) is 2.22. The Morgan fingerprint density at radius 2 is 2.20 bits per heavy atom. The zero-order valence-corrected chi connectivity index (χ0v) is 11.0. The molecule has 1 aromatic rings. The van der Waals surface area contributed by atoms with Gasteiger partial charge < -0.3 is 10.1 Å². The molecule has 0 amide bonds. The van der Waals surface area contributed by atoms with Crippen LogP contribution in [-0.2, 0) is 16.1 Å². The van der Waals surface area contributed by atoms with Gasteiger partial charge in [0.1, 0.15) is 11.9 Å². The number of piperazine rings is 1. The van der Waals surface area contributed by atoms with Crippen LogP contribution < -0.4 is 5.32 Å². The summed E-state index contributed by atoms with van der Waals surface area (Å²) in [6, 6.07) is 0.955. The molecule has 7 heteroatoms. The molecule has 0 radical (unpaired) electrons. The lowest BCUT2D eigenvalue weighted by Crippen LogP contribution is -2.54. The summed E-state index contributed by atoms with van der Waals surface area (Å²) in [6.45, 7) is 1.39. The fraction of sp³-hybridized carbons (Fsp3) is 0.462. The summed E-state index contributed by atoms with van der Waals surface area (Å²) in [4.78, 5) is 13.2. The lowest BCUT2D eigenvalue weighted by Gasteiger charge is -2.32. The van der Waals surface area contributed by atoms with Gasteiger partial charge in [0.2, 0.25) is 0 Å². The molecule has 0 unspecified atom stereocenters. The second-order valence-corrected chi connectivity index (χ2v) is 4.63. The van der Waals surface area contributed by atoms with Gasteiger partial charge in [-0.1, -0.05) is 0 Å². The van der Waals surface area contributed by atoms with Crippen LogP contribution in [0.2, 0.25) is 0 Å². The number of hydrogen-bond donors (Lipinski definition) is 1. The Morgan fingerprint density at radius 1 is 1.45 bits per heavy atom. The van der Waals surface area contributed by atoms with Crippen LogP contribution in [0.25, 0.3) is 0 Å². The SMILES string of the molecule is COC(=O)[C@@H]1CN(Cc2cc(F)cc(F)c2F)CCN1. The van der Waals surface area contributed by atoms with E-state index in [-0.39, 0.29) is 12.1 Å². The monoisotopic (exact) mass is 288 g/mol. The number of hydrogen-bond acceptors (Lipinski definition) is 4. The van der Waals surface area contributed by atoms with Crippen LogP contribution >= 0.6 is 0 Å². The molecule has 2 rings (SSSR count). The Labute approximate surface area is 114 Å². The molecule has 1 heterocycles. The highest BCUT2D eigenvalue weighted by Gasteiger charge is 2.26. The lowest BCUT2D eigenvalue weighted by molar-refractivity contribution is -0.144. The van der Waals surface area contributed by atoms with Gasteiger partial charge in [-0.2, -0.15) is 0 Å². The number of benzene rings is 1. The van der Waals surface area contributed by atoms with Gasteiger partial charge >= 0.3 is 5.97 Å². The van der Waals surface area contributed by atoms with Crippen LogP contribution in [0, 0.1) is 17.5 Å². The Balaban J connectivity index is 2.08. The molecule has 0 saturated carbocycles. The third-order valence-corrected chi connectivity index (χ3v) is 3.21. The molecule has 1 aliphatic rings. The smallest absolute Gasteiger partial charge is 0.324 e. The molecule has 0 spiro atoms. The summed E-state index contributed by atoms with van der Waals surface area (Å²) < 4.78 is 44.5. The van der Waals surface area contributed by atoms with Crippen LogP contribution in [0.4, 0.5) is 13.2 Å². The van der Waals surface area contributed by atoms with Crippen molar-refractivity contribution in [1.29, 1.82) is 0 Å². The minimum atomic E-state index is -1.21. The molecule has 1 N–H and O–H groups in total. The maximum Gasteiger partial charge on any atom is 0.324 e. The highest BCUT2D eigenvalue weighted by Crippen LogP contribution is 2.17. The van der Waals surface area contributed by atoms with Crippen LogP contribution in [-0.4, -0.2) is 43.7 Å². The van der Waals surface area contributed by atoms with Crippen molar-refractivity contribution in [3.8, 4) is 0 Å². The molecule has 0 aliphatic carbocycles. The Hall–Kier alpha value is -1.60. The first kappa shape index (κ1) is 14.8. The number of ether oxygens (including phenoxy) is 1. The quantitative estimate of drug-likeness (QED) is 0.667. The highest BCUT2D eigenvalue weighted by atomic mass is 19.2. The van der Waals surface area contributed by atoms with Crippen molar-refractivity contribution in [1.82, 2.24) is 10.2 Å². The molecule has 1 aromatic carbocycles. The van der Waals surface area contributed by atoms with E-state index in [9.17, 15) is 18.0 Å². The van der Waals surface area contributed by atoms with E-state index in [0.29, 0.717) is 25.7 Å². The van der Waals surface area contributed by atoms with E-state index < -0.39 is 29.5 Å². The van der Waals surface area contributed by atoms with Crippen molar-refractivity contribution in [2.24, 2.45) is 0 Å². The lowest BCUT2D eigenvalue weighted by atomic mass is 10.1. The average molecular weight is 288 g/mol. The molecular formula is C13H15F3N2O2. The van der Waals surface area contributed by atoms with E-state index in [0.717, 1.165) is 6.07 Å². The Kier molecular flexibility index (Phi) is 4.61. The molecule has 1 atom stereocenters. The largest absolute Gasteiger partial charge is 0.468 e. The van der Waals surface area contributed by atoms with Crippen molar-refractivity contribution in [2.75, 3.05) is 26.7 Å². The maximum absolute atomic E-state index is 13.6. The predicted molar refractivity (Wildman–Crippen MR) is 65.4 cm³/mol. The second-order valence-electron chi connectivity index (χ2n) is 4.63. The van der Waals surface area contributed by atoms with Crippen LogP contribution in [0.3, 0.4) is 0 Å². The molecule has 4 nitrogen and oxygen atoms in total. The number of rotatable bonds is 3. The minimum absolute atomic E-state index is 0.0374. The molecule has 0 aromatic heterocycles. The molecular weight excluding hydrogens is 273 g/mol.